The molecule has 3 aromatic rings. The van der Waals surface area contributed by atoms with Gasteiger partial charge in [-0.25, -0.2) is 4.98 Å². The van der Waals surface area contributed by atoms with Crippen LogP contribution in [-0.4, -0.2) is 33.4 Å². The number of piperidine rings is 1. The summed E-state index contributed by atoms with van der Waals surface area (Å²) in [5, 5.41) is 2.62. The molecule has 1 aliphatic heterocycles. The number of rotatable bonds is 3. The van der Waals surface area contributed by atoms with Gasteiger partial charge in [-0.3, -0.25) is 14.2 Å². The molecule has 6 nitrogen and oxygen atoms in total. The van der Waals surface area contributed by atoms with E-state index in [1.165, 1.54) is 11.3 Å². The van der Waals surface area contributed by atoms with E-state index in [9.17, 15) is 9.59 Å². The smallest absolute Gasteiger partial charge is 0.262 e. The van der Waals surface area contributed by atoms with Gasteiger partial charge >= 0.3 is 0 Å². The standard InChI is InChI=1S/C18H19N3O3S/c1-12(22)20-5-2-13(3-6-20)8-21-11-19-17-16(18(21)23)15(10-25-17)14-4-7-24-9-14/h4,7,9-11,13H,2-3,5-6,8H2,1H3. The molecule has 0 unspecified atom stereocenters. The molecule has 0 spiro atoms. The quantitative estimate of drug-likeness (QED) is 0.723. The molecule has 0 bridgehead atoms. The number of thiophene rings is 1. The van der Waals surface area contributed by atoms with Crippen molar-refractivity contribution < 1.29 is 9.21 Å². The molecule has 1 amide bonds. The first-order valence-corrected chi connectivity index (χ1v) is 9.26. The van der Waals surface area contributed by atoms with Gasteiger partial charge in [0.25, 0.3) is 5.56 Å². The number of amides is 1. The monoisotopic (exact) mass is 357 g/mol. The highest BCUT2D eigenvalue weighted by atomic mass is 32.1. The zero-order valence-corrected chi connectivity index (χ0v) is 14.8. The normalized spacial score (nSPS) is 15.8. The summed E-state index contributed by atoms with van der Waals surface area (Å²) in [6, 6.07) is 1.86. The van der Waals surface area contributed by atoms with Crippen LogP contribution in [0.5, 0.6) is 0 Å². The van der Waals surface area contributed by atoms with Gasteiger partial charge in [0.1, 0.15) is 4.83 Å². The van der Waals surface area contributed by atoms with Gasteiger partial charge in [-0.05, 0) is 24.8 Å². The van der Waals surface area contributed by atoms with Crippen molar-refractivity contribution in [2.45, 2.75) is 26.3 Å². The fourth-order valence-corrected chi connectivity index (χ4v) is 4.34. The third kappa shape index (κ3) is 3.00. The molecule has 0 saturated carbocycles. The number of fused-ring (bicyclic) bond motifs is 1. The number of furan rings is 1. The Balaban J connectivity index is 1.61. The number of aromatic nitrogens is 2. The van der Waals surface area contributed by atoms with Crippen LogP contribution in [-0.2, 0) is 11.3 Å². The van der Waals surface area contributed by atoms with Gasteiger partial charge < -0.3 is 9.32 Å². The maximum Gasteiger partial charge on any atom is 0.262 e. The molecule has 0 aromatic carbocycles. The van der Waals surface area contributed by atoms with Crippen molar-refractivity contribution in [3.8, 4) is 11.1 Å². The molecule has 0 aliphatic carbocycles. The summed E-state index contributed by atoms with van der Waals surface area (Å²) < 4.78 is 6.87. The molecule has 7 heteroatoms. The lowest BCUT2D eigenvalue weighted by atomic mass is 9.96. The SMILES string of the molecule is CC(=O)N1CCC(Cn2cnc3scc(-c4ccoc4)c3c2=O)CC1. The predicted molar refractivity (Wildman–Crippen MR) is 96.6 cm³/mol. The zero-order valence-electron chi connectivity index (χ0n) is 14.0. The van der Waals surface area contributed by atoms with E-state index in [0.29, 0.717) is 17.8 Å². The lowest BCUT2D eigenvalue weighted by Crippen LogP contribution is -2.38. The molecule has 0 radical (unpaired) electrons. The average molecular weight is 357 g/mol. The van der Waals surface area contributed by atoms with Gasteiger partial charge in [0, 0.05) is 43.1 Å². The van der Waals surface area contributed by atoms with Crippen LogP contribution < -0.4 is 5.56 Å². The lowest BCUT2D eigenvalue weighted by molar-refractivity contribution is -0.130. The Hall–Kier alpha value is -2.41. The second kappa shape index (κ2) is 6.48. The van der Waals surface area contributed by atoms with Crippen LogP contribution >= 0.6 is 11.3 Å². The Morgan fingerprint density at radius 1 is 1.40 bits per heavy atom. The summed E-state index contributed by atoms with van der Waals surface area (Å²) >= 11 is 1.47. The molecule has 0 atom stereocenters. The minimum atomic E-state index is -0.00329. The Labute approximate surface area is 148 Å². The van der Waals surface area contributed by atoms with E-state index in [1.54, 1.807) is 30.3 Å². The first kappa shape index (κ1) is 16.1. The second-order valence-corrected chi connectivity index (χ2v) is 7.35. The number of carbonyl (C=O) groups excluding carboxylic acids is 1. The third-order valence-corrected chi connectivity index (χ3v) is 5.79. The summed E-state index contributed by atoms with van der Waals surface area (Å²) in [7, 11) is 0. The molecule has 0 N–H and O–H groups in total. The number of carbonyl (C=O) groups is 1. The highest BCUT2D eigenvalue weighted by molar-refractivity contribution is 7.17. The van der Waals surface area contributed by atoms with Crippen LogP contribution in [0.15, 0.2) is 39.5 Å². The predicted octanol–water partition coefficient (Wildman–Crippen LogP) is 2.98. The van der Waals surface area contributed by atoms with Crippen LogP contribution in [0, 0.1) is 5.92 Å². The Bertz CT molecular complexity index is 950. The van der Waals surface area contributed by atoms with Gasteiger partial charge in [-0.2, -0.15) is 0 Å². The molecule has 130 valence electrons. The Morgan fingerprint density at radius 2 is 2.20 bits per heavy atom. The van der Waals surface area contributed by atoms with Crippen LogP contribution in [0.2, 0.25) is 0 Å². The molecule has 1 aliphatic rings. The fraction of sp³-hybridized carbons (Fsp3) is 0.389. The van der Waals surface area contributed by atoms with E-state index in [2.05, 4.69) is 4.98 Å². The van der Waals surface area contributed by atoms with Crippen LogP contribution in [0.1, 0.15) is 19.8 Å². The summed E-state index contributed by atoms with van der Waals surface area (Å²) in [6.45, 7) is 3.79. The maximum atomic E-state index is 13.0. The molecule has 4 rings (SSSR count). The van der Waals surface area contributed by atoms with E-state index in [0.717, 1.165) is 41.9 Å². The van der Waals surface area contributed by atoms with Crippen LogP contribution in [0.3, 0.4) is 0 Å². The van der Waals surface area contributed by atoms with Crippen molar-refractivity contribution in [1.29, 1.82) is 0 Å². The van der Waals surface area contributed by atoms with Gasteiger partial charge in [-0.15, -0.1) is 11.3 Å². The highest BCUT2D eigenvalue weighted by Gasteiger charge is 2.22. The number of hydrogen-bond acceptors (Lipinski definition) is 5. The molecule has 4 heterocycles. The molecule has 1 saturated heterocycles. The maximum absolute atomic E-state index is 13.0. The van der Waals surface area contributed by atoms with E-state index >= 15 is 0 Å². The summed E-state index contributed by atoms with van der Waals surface area (Å²) in [5.41, 5.74) is 1.78. The van der Waals surface area contributed by atoms with E-state index < -0.39 is 0 Å². The van der Waals surface area contributed by atoms with Gasteiger partial charge in [0.2, 0.25) is 5.91 Å². The zero-order chi connectivity index (χ0) is 17.4. The summed E-state index contributed by atoms with van der Waals surface area (Å²) in [6.07, 6.45) is 6.74. The van der Waals surface area contributed by atoms with E-state index in [-0.39, 0.29) is 11.5 Å². The number of likely N-dealkylation sites (tertiary alicyclic amines) is 1. The van der Waals surface area contributed by atoms with Crippen LogP contribution in [0.4, 0.5) is 0 Å². The van der Waals surface area contributed by atoms with Crippen LogP contribution in [0.25, 0.3) is 21.3 Å². The number of hydrogen-bond donors (Lipinski definition) is 0. The first-order chi connectivity index (χ1) is 12.1. The van der Waals surface area contributed by atoms with E-state index in [4.69, 9.17) is 4.42 Å². The van der Waals surface area contributed by atoms with Crippen molar-refractivity contribution >= 4 is 27.5 Å². The molecule has 25 heavy (non-hydrogen) atoms. The fourth-order valence-electron chi connectivity index (χ4n) is 3.44. The summed E-state index contributed by atoms with van der Waals surface area (Å²) in [4.78, 5) is 31.5. The van der Waals surface area contributed by atoms with E-state index in [1.807, 2.05) is 16.3 Å². The van der Waals surface area contributed by atoms with Gasteiger partial charge in [0.05, 0.1) is 24.2 Å². The Morgan fingerprint density at radius 3 is 2.88 bits per heavy atom. The molecule has 1 fully saturated rings. The lowest BCUT2D eigenvalue weighted by Gasteiger charge is -2.31. The molecular weight excluding hydrogens is 338 g/mol. The topological polar surface area (TPSA) is 68.3 Å². The Kier molecular flexibility index (Phi) is 4.17. The van der Waals surface area contributed by atoms with Crippen molar-refractivity contribution in [2.75, 3.05) is 13.1 Å². The summed E-state index contributed by atoms with van der Waals surface area (Å²) in [5.74, 6) is 0.519. The number of nitrogens with zero attached hydrogens (tertiary/aromatic N) is 3. The average Bonchev–Trinajstić information content (AvgIpc) is 3.27. The van der Waals surface area contributed by atoms with Gasteiger partial charge in [0.15, 0.2) is 0 Å². The molecule has 3 aromatic heterocycles. The highest BCUT2D eigenvalue weighted by Crippen LogP contribution is 2.31. The minimum Gasteiger partial charge on any atom is -0.472 e. The van der Waals surface area contributed by atoms with Crippen molar-refractivity contribution in [2.24, 2.45) is 5.92 Å². The minimum absolute atomic E-state index is 0.00329. The largest absolute Gasteiger partial charge is 0.472 e. The third-order valence-electron chi connectivity index (χ3n) is 4.91. The first-order valence-electron chi connectivity index (χ1n) is 8.38. The van der Waals surface area contributed by atoms with Gasteiger partial charge in [-0.1, -0.05) is 0 Å². The van der Waals surface area contributed by atoms with Crippen molar-refractivity contribution in [1.82, 2.24) is 14.5 Å². The van der Waals surface area contributed by atoms with Crippen molar-refractivity contribution in [3.05, 3.63) is 40.7 Å². The second-order valence-electron chi connectivity index (χ2n) is 6.49. The van der Waals surface area contributed by atoms with Crippen molar-refractivity contribution in [3.63, 3.8) is 0 Å². The molecular formula is C18H19N3O3S.